The molecule has 1 amide bonds. The highest BCUT2D eigenvalue weighted by molar-refractivity contribution is 5.75. The van der Waals surface area contributed by atoms with Crippen molar-refractivity contribution in [1.82, 2.24) is 4.90 Å². The first-order valence-electron chi connectivity index (χ1n) is 6.49. The SMILES string of the molecule is C=CCCCCCCCCCC(=O)N(C)C. The highest BCUT2D eigenvalue weighted by Gasteiger charge is 2.02. The van der Waals surface area contributed by atoms with Crippen molar-refractivity contribution in [1.29, 1.82) is 0 Å². The number of nitrogens with zero attached hydrogens (tertiary/aromatic N) is 1. The summed E-state index contributed by atoms with van der Waals surface area (Å²) in [6.07, 6.45) is 12.6. The Bertz CT molecular complexity index is 187. The predicted octanol–water partition coefficient (Wildman–Crippen LogP) is 3.77. The first-order valence-corrected chi connectivity index (χ1v) is 6.49. The lowest BCUT2D eigenvalue weighted by Crippen LogP contribution is -2.20. The summed E-state index contributed by atoms with van der Waals surface area (Å²) in [6.45, 7) is 3.71. The zero-order chi connectivity index (χ0) is 12.2. The van der Waals surface area contributed by atoms with Crippen LogP contribution in [0, 0.1) is 0 Å². The van der Waals surface area contributed by atoms with Crippen molar-refractivity contribution in [2.45, 2.75) is 57.8 Å². The van der Waals surface area contributed by atoms with Crippen molar-refractivity contribution in [2.75, 3.05) is 14.1 Å². The molecule has 0 radical (unpaired) electrons. The molecule has 0 saturated heterocycles. The van der Waals surface area contributed by atoms with Gasteiger partial charge in [0.25, 0.3) is 0 Å². The summed E-state index contributed by atoms with van der Waals surface area (Å²) in [4.78, 5) is 12.9. The quantitative estimate of drug-likeness (QED) is 0.409. The summed E-state index contributed by atoms with van der Waals surface area (Å²) in [5.74, 6) is 0.256. The van der Waals surface area contributed by atoms with Gasteiger partial charge in [0.15, 0.2) is 0 Å². The van der Waals surface area contributed by atoms with Gasteiger partial charge in [-0.15, -0.1) is 6.58 Å². The van der Waals surface area contributed by atoms with E-state index in [1.54, 1.807) is 4.90 Å². The molecule has 0 spiro atoms. The van der Waals surface area contributed by atoms with Gasteiger partial charge in [-0.3, -0.25) is 4.79 Å². The van der Waals surface area contributed by atoms with Gasteiger partial charge in [0.05, 0.1) is 0 Å². The monoisotopic (exact) mass is 225 g/mol. The van der Waals surface area contributed by atoms with Crippen LogP contribution in [-0.2, 0) is 4.79 Å². The Morgan fingerprint density at radius 2 is 1.50 bits per heavy atom. The van der Waals surface area contributed by atoms with Gasteiger partial charge in [0.1, 0.15) is 0 Å². The van der Waals surface area contributed by atoms with Crippen LogP contribution in [0.3, 0.4) is 0 Å². The Morgan fingerprint density at radius 3 is 2.00 bits per heavy atom. The fourth-order valence-electron chi connectivity index (χ4n) is 1.67. The summed E-state index contributed by atoms with van der Waals surface area (Å²) in [5.41, 5.74) is 0. The van der Waals surface area contributed by atoms with E-state index < -0.39 is 0 Å². The van der Waals surface area contributed by atoms with Gasteiger partial charge in [-0.05, 0) is 19.3 Å². The molecule has 0 aliphatic carbocycles. The lowest BCUT2D eigenvalue weighted by Gasteiger charge is -2.09. The van der Waals surface area contributed by atoms with Crippen LogP contribution in [0.1, 0.15) is 57.8 Å². The van der Waals surface area contributed by atoms with E-state index in [1.165, 1.54) is 38.5 Å². The third kappa shape index (κ3) is 9.75. The fourth-order valence-corrected chi connectivity index (χ4v) is 1.67. The molecule has 94 valence electrons. The Balaban J connectivity index is 3.09. The molecule has 0 aliphatic heterocycles. The summed E-state index contributed by atoms with van der Waals surface area (Å²) in [7, 11) is 3.64. The number of hydrogen-bond acceptors (Lipinski definition) is 1. The van der Waals surface area contributed by atoms with E-state index in [-0.39, 0.29) is 5.91 Å². The van der Waals surface area contributed by atoms with E-state index in [4.69, 9.17) is 0 Å². The Kier molecular flexibility index (Phi) is 10.2. The zero-order valence-electron chi connectivity index (χ0n) is 11.0. The number of amides is 1. The van der Waals surface area contributed by atoms with Crippen molar-refractivity contribution >= 4 is 5.91 Å². The van der Waals surface area contributed by atoms with E-state index in [1.807, 2.05) is 20.2 Å². The highest BCUT2D eigenvalue weighted by atomic mass is 16.2. The molecular formula is C14H27NO. The Hall–Kier alpha value is -0.790. The second-order valence-corrected chi connectivity index (χ2v) is 4.59. The smallest absolute Gasteiger partial charge is 0.222 e. The first kappa shape index (κ1) is 15.2. The van der Waals surface area contributed by atoms with Gasteiger partial charge in [-0.2, -0.15) is 0 Å². The van der Waals surface area contributed by atoms with Crippen LogP contribution in [0.4, 0.5) is 0 Å². The Labute approximate surface area is 101 Å². The minimum absolute atomic E-state index is 0.256. The number of allylic oxidation sites excluding steroid dienone is 1. The van der Waals surface area contributed by atoms with E-state index in [9.17, 15) is 4.79 Å². The molecule has 0 aliphatic rings. The summed E-state index contributed by atoms with van der Waals surface area (Å²) in [6, 6.07) is 0. The average molecular weight is 225 g/mol. The maximum absolute atomic E-state index is 11.3. The summed E-state index contributed by atoms with van der Waals surface area (Å²) < 4.78 is 0. The number of carbonyl (C=O) groups is 1. The fraction of sp³-hybridized carbons (Fsp3) is 0.786. The minimum Gasteiger partial charge on any atom is -0.349 e. The van der Waals surface area contributed by atoms with Gasteiger partial charge >= 0.3 is 0 Å². The normalized spacial score (nSPS) is 10.1. The molecular weight excluding hydrogens is 198 g/mol. The number of rotatable bonds is 10. The summed E-state index contributed by atoms with van der Waals surface area (Å²) in [5, 5.41) is 0. The molecule has 0 heterocycles. The maximum Gasteiger partial charge on any atom is 0.222 e. The number of unbranched alkanes of at least 4 members (excludes halogenated alkanes) is 7. The molecule has 16 heavy (non-hydrogen) atoms. The Morgan fingerprint density at radius 1 is 1.00 bits per heavy atom. The van der Waals surface area contributed by atoms with Crippen molar-refractivity contribution in [3.63, 3.8) is 0 Å². The van der Waals surface area contributed by atoms with Crippen molar-refractivity contribution in [2.24, 2.45) is 0 Å². The number of carbonyl (C=O) groups excluding carboxylic acids is 1. The van der Waals surface area contributed by atoms with E-state index in [0.717, 1.165) is 12.8 Å². The van der Waals surface area contributed by atoms with E-state index in [0.29, 0.717) is 6.42 Å². The molecule has 0 aromatic rings. The third-order valence-electron chi connectivity index (χ3n) is 2.80. The van der Waals surface area contributed by atoms with Crippen LogP contribution in [0.25, 0.3) is 0 Å². The molecule has 0 atom stereocenters. The maximum atomic E-state index is 11.3. The molecule has 2 heteroatoms. The molecule has 0 rings (SSSR count). The lowest BCUT2D eigenvalue weighted by atomic mass is 10.1. The zero-order valence-corrected chi connectivity index (χ0v) is 11.0. The van der Waals surface area contributed by atoms with E-state index in [2.05, 4.69) is 6.58 Å². The van der Waals surface area contributed by atoms with Crippen LogP contribution < -0.4 is 0 Å². The van der Waals surface area contributed by atoms with Crippen LogP contribution >= 0.6 is 0 Å². The lowest BCUT2D eigenvalue weighted by molar-refractivity contribution is -0.128. The second-order valence-electron chi connectivity index (χ2n) is 4.59. The molecule has 2 nitrogen and oxygen atoms in total. The largest absolute Gasteiger partial charge is 0.349 e. The molecule has 0 saturated carbocycles. The van der Waals surface area contributed by atoms with Crippen LogP contribution in [0.15, 0.2) is 12.7 Å². The first-order chi connectivity index (χ1) is 7.68. The van der Waals surface area contributed by atoms with Crippen LogP contribution in [-0.4, -0.2) is 24.9 Å². The topological polar surface area (TPSA) is 20.3 Å². The van der Waals surface area contributed by atoms with Gasteiger partial charge in [0.2, 0.25) is 5.91 Å². The average Bonchev–Trinajstić information content (AvgIpc) is 2.26. The van der Waals surface area contributed by atoms with Crippen LogP contribution in [0.5, 0.6) is 0 Å². The van der Waals surface area contributed by atoms with Crippen molar-refractivity contribution in [3.8, 4) is 0 Å². The predicted molar refractivity (Wildman–Crippen MR) is 70.4 cm³/mol. The van der Waals surface area contributed by atoms with Crippen molar-refractivity contribution in [3.05, 3.63) is 12.7 Å². The molecule has 0 unspecified atom stereocenters. The minimum atomic E-state index is 0.256. The molecule has 0 fully saturated rings. The molecule has 0 aromatic heterocycles. The van der Waals surface area contributed by atoms with Gasteiger partial charge in [-0.25, -0.2) is 0 Å². The highest BCUT2D eigenvalue weighted by Crippen LogP contribution is 2.10. The third-order valence-corrected chi connectivity index (χ3v) is 2.80. The van der Waals surface area contributed by atoms with Crippen LogP contribution in [0.2, 0.25) is 0 Å². The molecule has 0 bridgehead atoms. The van der Waals surface area contributed by atoms with Gasteiger partial charge in [0, 0.05) is 20.5 Å². The second kappa shape index (κ2) is 10.7. The standard InChI is InChI=1S/C14H27NO/c1-4-5-6-7-8-9-10-11-12-13-14(16)15(2)3/h4H,1,5-13H2,2-3H3. The number of hydrogen-bond donors (Lipinski definition) is 0. The van der Waals surface area contributed by atoms with E-state index >= 15 is 0 Å². The molecule has 0 aromatic carbocycles. The summed E-state index contributed by atoms with van der Waals surface area (Å²) >= 11 is 0. The van der Waals surface area contributed by atoms with Crippen molar-refractivity contribution < 1.29 is 4.79 Å². The van der Waals surface area contributed by atoms with Gasteiger partial charge in [-0.1, -0.05) is 38.2 Å². The van der Waals surface area contributed by atoms with Gasteiger partial charge < -0.3 is 4.90 Å². The molecule has 0 N–H and O–H groups in total.